The molecule has 0 heterocycles. The van der Waals surface area contributed by atoms with Gasteiger partial charge in [0.15, 0.2) is 0 Å². The van der Waals surface area contributed by atoms with Crippen LogP contribution in [0, 0.1) is 0 Å². The summed E-state index contributed by atoms with van der Waals surface area (Å²) in [5.74, 6) is 0. The molecule has 2 heteroatoms. The summed E-state index contributed by atoms with van der Waals surface area (Å²) >= 11 is 0. The number of ether oxygens (including phenoxy) is 1. The molecule has 1 aliphatic carbocycles. The SMILES string of the molecule is O=CCOC1CCCCCC1. The van der Waals surface area contributed by atoms with Crippen LogP contribution in [0.5, 0.6) is 0 Å². The summed E-state index contributed by atoms with van der Waals surface area (Å²) in [6, 6.07) is 0. The molecule has 0 spiro atoms. The molecule has 1 fully saturated rings. The van der Waals surface area contributed by atoms with Crippen molar-refractivity contribution in [3.63, 3.8) is 0 Å². The van der Waals surface area contributed by atoms with Crippen molar-refractivity contribution in [1.82, 2.24) is 0 Å². The minimum absolute atomic E-state index is 0.282. The molecule has 0 atom stereocenters. The van der Waals surface area contributed by atoms with Gasteiger partial charge in [0.1, 0.15) is 12.9 Å². The largest absolute Gasteiger partial charge is 0.371 e. The summed E-state index contributed by atoms with van der Waals surface area (Å²) in [6.07, 6.45) is 8.70. The lowest BCUT2D eigenvalue weighted by Crippen LogP contribution is -2.12. The lowest BCUT2D eigenvalue weighted by molar-refractivity contribution is -0.113. The Bertz CT molecular complexity index is 104. The summed E-state index contributed by atoms with van der Waals surface area (Å²) in [7, 11) is 0. The van der Waals surface area contributed by atoms with Crippen LogP contribution in [0.25, 0.3) is 0 Å². The van der Waals surface area contributed by atoms with Gasteiger partial charge in [-0.2, -0.15) is 0 Å². The van der Waals surface area contributed by atoms with Gasteiger partial charge in [0.2, 0.25) is 0 Å². The van der Waals surface area contributed by atoms with Crippen molar-refractivity contribution in [2.45, 2.75) is 44.6 Å². The number of hydrogen-bond acceptors (Lipinski definition) is 2. The molecule has 0 aromatic carbocycles. The summed E-state index contributed by atoms with van der Waals surface area (Å²) in [6.45, 7) is 0.282. The van der Waals surface area contributed by atoms with Gasteiger partial charge in [0, 0.05) is 0 Å². The second-order valence-electron chi connectivity index (χ2n) is 3.11. The zero-order valence-electron chi connectivity index (χ0n) is 6.92. The third kappa shape index (κ3) is 3.51. The Morgan fingerprint density at radius 2 is 1.82 bits per heavy atom. The van der Waals surface area contributed by atoms with Crippen LogP contribution >= 0.6 is 0 Å². The topological polar surface area (TPSA) is 26.3 Å². The molecule has 64 valence electrons. The lowest BCUT2D eigenvalue weighted by Gasteiger charge is -2.12. The van der Waals surface area contributed by atoms with Gasteiger partial charge in [-0.1, -0.05) is 25.7 Å². The van der Waals surface area contributed by atoms with E-state index in [2.05, 4.69) is 0 Å². The van der Waals surface area contributed by atoms with Crippen molar-refractivity contribution >= 4 is 6.29 Å². The molecule has 1 rings (SSSR count). The first kappa shape index (κ1) is 8.72. The molecule has 0 N–H and O–H groups in total. The van der Waals surface area contributed by atoms with Crippen LogP contribution in [-0.2, 0) is 9.53 Å². The van der Waals surface area contributed by atoms with Crippen LogP contribution in [0.4, 0.5) is 0 Å². The summed E-state index contributed by atoms with van der Waals surface area (Å²) in [5, 5.41) is 0. The Hall–Kier alpha value is -0.370. The Kier molecular flexibility index (Phi) is 4.21. The van der Waals surface area contributed by atoms with E-state index >= 15 is 0 Å². The molecule has 1 aliphatic rings. The van der Waals surface area contributed by atoms with Gasteiger partial charge in [0.25, 0.3) is 0 Å². The van der Waals surface area contributed by atoms with E-state index in [1.165, 1.54) is 25.7 Å². The molecule has 0 saturated heterocycles. The number of carbonyl (C=O) groups excluding carboxylic acids is 1. The Balaban J connectivity index is 2.14. The molecule has 1 saturated carbocycles. The maximum Gasteiger partial charge on any atom is 0.145 e. The van der Waals surface area contributed by atoms with Crippen LogP contribution in [0.3, 0.4) is 0 Å². The van der Waals surface area contributed by atoms with Crippen LogP contribution in [-0.4, -0.2) is 19.0 Å². The van der Waals surface area contributed by atoms with Crippen molar-refractivity contribution in [1.29, 1.82) is 0 Å². The smallest absolute Gasteiger partial charge is 0.145 e. The van der Waals surface area contributed by atoms with E-state index in [1.54, 1.807) is 0 Å². The molecule has 0 bridgehead atoms. The molecule has 2 nitrogen and oxygen atoms in total. The number of aldehydes is 1. The third-order valence-corrected chi connectivity index (χ3v) is 2.20. The van der Waals surface area contributed by atoms with Crippen molar-refractivity contribution in [3.8, 4) is 0 Å². The predicted octanol–water partition coefficient (Wildman–Crippen LogP) is 1.92. The van der Waals surface area contributed by atoms with Gasteiger partial charge in [0.05, 0.1) is 6.10 Å². The first-order valence-electron chi connectivity index (χ1n) is 4.48. The molecule has 0 unspecified atom stereocenters. The van der Waals surface area contributed by atoms with E-state index < -0.39 is 0 Å². The van der Waals surface area contributed by atoms with Crippen molar-refractivity contribution < 1.29 is 9.53 Å². The normalized spacial score (nSPS) is 21.1. The van der Waals surface area contributed by atoms with Gasteiger partial charge in [-0.05, 0) is 12.8 Å². The number of rotatable bonds is 3. The van der Waals surface area contributed by atoms with Crippen molar-refractivity contribution in [2.24, 2.45) is 0 Å². The van der Waals surface area contributed by atoms with Gasteiger partial charge < -0.3 is 9.53 Å². The highest BCUT2D eigenvalue weighted by Gasteiger charge is 2.11. The fourth-order valence-electron chi connectivity index (χ4n) is 1.58. The van der Waals surface area contributed by atoms with Gasteiger partial charge in [-0.3, -0.25) is 0 Å². The minimum Gasteiger partial charge on any atom is -0.371 e. The van der Waals surface area contributed by atoms with E-state index in [0.29, 0.717) is 6.10 Å². The fourth-order valence-corrected chi connectivity index (χ4v) is 1.58. The van der Waals surface area contributed by atoms with Crippen LogP contribution in [0.15, 0.2) is 0 Å². The Morgan fingerprint density at radius 3 is 2.36 bits per heavy atom. The molecule has 0 radical (unpaired) electrons. The molecule has 0 amide bonds. The molecule has 0 aliphatic heterocycles. The van der Waals surface area contributed by atoms with Crippen molar-refractivity contribution in [3.05, 3.63) is 0 Å². The third-order valence-electron chi connectivity index (χ3n) is 2.20. The first-order valence-corrected chi connectivity index (χ1v) is 4.48. The van der Waals surface area contributed by atoms with Crippen LogP contribution in [0.2, 0.25) is 0 Å². The van der Waals surface area contributed by atoms with E-state index in [0.717, 1.165) is 19.1 Å². The highest BCUT2D eigenvalue weighted by molar-refractivity contribution is 5.50. The van der Waals surface area contributed by atoms with E-state index in [4.69, 9.17) is 4.74 Å². The highest BCUT2D eigenvalue weighted by atomic mass is 16.5. The zero-order chi connectivity index (χ0) is 7.94. The highest BCUT2D eigenvalue weighted by Crippen LogP contribution is 2.19. The number of carbonyl (C=O) groups is 1. The van der Waals surface area contributed by atoms with E-state index in [1.807, 2.05) is 0 Å². The molecule has 11 heavy (non-hydrogen) atoms. The summed E-state index contributed by atoms with van der Waals surface area (Å²) < 4.78 is 5.34. The molecule has 0 aromatic heterocycles. The number of hydrogen-bond donors (Lipinski definition) is 0. The lowest BCUT2D eigenvalue weighted by atomic mass is 10.1. The molecular formula is C9H16O2. The summed E-state index contributed by atoms with van der Waals surface area (Å²) in [5.41, 5.74) is 0. The second-order valence-corrected chi connectivity index (χ2v) is 3.11. The van der Waals surface area contributed by atoms with Crippen LogP contribution < -0.4 is 0 Å². The quantitative estimate of drug-likeness (QED) is 0.461. The summed E-state index contributed by atoms with van der Waals surface area (Å²) in [4.78, 5) is 10.0. The average molecular weight is 156 g/mol. The Labute approximate surface area is 67.9 Å². The van der Waals surface area contributed by atoms with Gasteiger partial charge >= 0.3 is 0 Å². The van der Waals surface area contributed by atoms with Gasteiger partial charge in [-0.25, -0.2) is 0 Å². The minimum atomic E-state index is 0.282. The van der Waals surface area contributed by atoms with Crippen LogP contribution in [0.1, 0.15) is 38.5 Å². The predicted molar refractivity (Wildman–Crippen MR) is 43.5 cm³/mol. The second kappa shape index (κ2) is 5.30. The maximum atomic E-state index is 10.0. The van der Waals surface area contributed by atoms with E-state index in [-0.39, 0.29) is 6.61 Å². The maximum absolute atomic E-state index is 10.0. The first-order chi connectivity index (χ1) is 5.43. The van der Waals surface area contributed by atoms with Crippen molar-refractivity contribution in [2.75, 3.05) is 6.61 Å². The monoisotopic (exact) mass is 156 g/mol. The average Bonchev–Trinajstić information content (AvgIpc) is 2.28. The van der Waals surface area contributed by atoms with E-state index in [9.17, 15) is 4.79 Å². The molecule has 0 aromatic rings. The zero-order valence-corrected chi connectivity index (χ0v) is 6.92. The van der Waals surface area contributed by atoms with Gasteiger partial charge in [-0.15, -0.1) is 0 Å². The molecular weight excluding hydrogens is 140 g/mol. The fraction of sp³-hybridized carbons (Fsp3) is 0.889. The Morgan fingerprint density at radius 1 is 1.18 bits per heavy atom. The standard InChI is InChI=1S/C9H16O2/c10-7-8-11-9-5-3-1-2-4-6-9/h7,9H,1-6,8H2.